The first-order valence-corrected chi connectivity index (χ1v) is 16.0. The van der Waals surface area contributed by atoms with E-state index in [9.17, 15) is 13.2 Å². The molecule has 5 rings (SSSR count). The number of rotatable bonds is 10. The van der Waals surface area contributed by atoms with Crippen LogP contribution in [0, 0.1) is 6.92 Å². The normalized spacial score (nSPS) is 16.9. The van der Waals surface area contributed by atoms with E-state index in [4.69, 9.17) is 14.6 Å². The van der Waals surface area contributed by atoms with Crippen LogP contribution >= 0.6 is 0 Å². The van der Waals surface area contributed by atoms with Crippen molar-refractivity contribution < 1.29 is 22.0 Å². The first-order chi connectivity index (χ1) is 20.0. The van der Waals surface area contributed by atoms with Gasteiger partial charge in [-0.3, -0.25) is 9.10 Å². The first-order valence-electron chi connectivity index (χ1n) is 14.1. The molecule has 4 aromatic rings. The van der Waals surface area contributed by atoms with Gasteiger partial charge in [-0.1, -0.05) is 37.3 Å². The summed E-state index contributed by atoms with van der Waals surface area (Å²) in [5.41, 5.74) is 7.79. The Morgan fingerprint density at radius 1 is 1.12 bits per heavy atom. The number of hydrogen-bond donors (Lipinski definition) is 1. The summed E-state index contributed by atoms with van der Waals surface area (Å²) in [4.78, 5) is 15.8. The molecule has 3 heterocycles. The average Bonchev–Trinajstić information content (AvgIpc) is 3.72. The van der Waals surface area contributed by atoms with E-state index in [0.717, 1.165) is 36.2 Å². The van der Waals surface area contributed by atoms with Gasteiger partial charge >= 0.3 is 0 Å². The molecular weight excluding hydrogens is 554 g/mol. The van der Waals surface area contributed by atoms with Gasteiger partial charge < -0.3 is 19.5 Å². The van der Waals surface area contributed by atoms with E-state index in [1.54, 1.807) is 23.1 Å². The molecule has 1 unspecified atom stereocenters. The second kappa shape index (κ2) is 11.7. The highest BCUT2D eigenvalue weighted by Gasteiger charge is 2.34. The largest absolute Gasteiger partial charge is 0.464 e. The molecule has 222 valence electrons. The summed E-state index contributed by atoms with van der Waals surface area (Å²) >= 11 is 0. The van der Waals surface area contributed by atoms with Crippen LogP contribution in [-0.2, 0) is 22.0 Å². The summed E-state index contributed by atoms with van der Waals surface area (Å²) < 4.78 is 38.9. The standard InChI is InChI=1S/C31H37N5O5S/c1-5-15-36(42(4,38)39)25-18-23(28-33-34-30(41-28)31(3,32)20-22-10-7-6-8-11-22)17-24(19-25)29(37)35-16-9-12-26(35)27-14-13-21(2)40-27/h6-8,10-11,13-14,17-19,26H,5,9,12,15-16,20,32H2,1-4H3/t26?,31-/m1/s1. The van der Waals surface area contributed by atoms with E-state index in [1.807, 2.05) is 63.2 Å². The van der Waals surface area contributed by atoms with Gasteiger partial charge in [0, 0.05) is 24.2 Å². The van der Waals surface area contributed by atoms with Crippen LogP contribution in [0.3, 0.4) is 0 Å². The third-order valence-corrected chi connectivity index (χ3v) is 8.65. The second-order valence-corrected chi connectivity index (χ2v) is 13.1. The van der Waals surface area contributed by atoms with E-state index in [2.05, 4.69) is 10.2 Å². The molecule has 0 bridgehead atoms. The number of benzene rings is 2. The Bertz CT molecular complexity index is 1660. The lowest BCUT2D eigenvalue weighted by molar-refractivity contribution is 0.0719. The van der Waals surface area contributed by atoms with Crippen molar-refractivity contribution in [2.75, 3.05) is 23.7 Å². The van der Waals surface area contributed by atoms with Gasteiger partial charge in [0.1, 0.15) is 11.5 Å². The van der Waals surface area contributed by atoms with Gasteiger partial charge in [-0.05, 0) is 75.4 Å². The number of aromatic nitrogens is 2. The Balaban J connectivity index is 1.54. The lowest BCUT2D eigenvalue weighted by Gasteiger charge is -2.26. The second-order valence-electron chi connectivity index (χ2n) is 11.2. The maximum Gasteiger partial charge on any atom is 0.254 e. The highest BCUT2D eigenvalue weighted by Crippen LogP contribution is 2.36. The van der Waals surface area contributed by atoms with Crippen molar-refractivity contribution in [1.29, 1.82) is 0 Å². The van der Waals surface area contributed by atoms with Crippen LogP contribution in [-0.4, -0.2) is 48.8 Å². The Morgan fingerprint density at radius 2 is 1.88 bits per heavy atom. The molecule has 1 amide bonds. The van der Waals surface area contributed by atoms with E-state index in [1.165, 1.54) is 4.31 Å². The van der Waals surface area contributed by atoms with Crippen molar-refractivity contribution in [2.24, 2.45) is 5.73 Å². The van der Waals surface area contributed by atoms with Crippen LogP contribution in [0.2, 0.25) is 0 Å². The number of anilines is 1. The molecule has 10 nitrogen and oxygen atoms in total. The Morgan fingerprint density at radius 3 is 2.55 bits per heavy atom. The minimum Gasteiger partial charge on any atom is -0.464 e. The van der Waals surface area contributed by atoms with E-state index >= 15 is 0 Å². The molecule has 2 aromatic heterocycles. The summed E-state index contributed by atoms with van der Waals surface area (Å²) in [7, 11) is -3.64. The van der Waals surface area contributed by atoms with Gasteiger partial charge in [0.25, 0.3) is 5.91 Å². The molecule has 0 spiro atoms. The average molecular weight is 592 g/mol. The molecule has 0 saturated carbocycles. The molecule has 1 fully saturated rings. The van der Waals surface area contributed by atoms with Crippen LogP contribution in [0.25, 0.3) is 11.5 Å². The maximum atomic E-state index is 14.0. The van der Waals surface area contributed by atoms with Gasteiger partial charge in [-0.15, -0.1) is 10.2 Å². The van der Waals surface area contributed by atoms with Gasteiger partial charge in [0.2, 0.25) is 21.8 Å². The molecule has 1 aliphatic rings. The fraction of sp³-hybridized carbons (Fsp3) is 0.387. The van der Waals surface area contributed by atoms with Crippen molar-refractivity contribution in [3.05, 3.63) is 89.2 Å². The summed E-state index contributed by atoms with van der Waals surface area (Å²) in [6.07, 6.45) is 3.82. The number of sulfonamides is 1. The predicted octanol–water partition coefficient (Wildman–Crippen LogP) is 5.21. The molecule has 2 aromatic carbocycles. The summed E-state index contributed by atoms with van der Waals surface area (Å²) in [6.45, 7) is 6.40. The number of furan rings is 1. The van der Waals surface area contributed by atoms with Crippen LogP contribution in [0.15, 0.2) is 69.5 Å². The fourth-order valence-electron chi connectivity index (χ4n) is 5.46. The molecule has 2 atom stereocenters. The molecule has 1 aliphatic heterocycles. The highest BCUT2D eigenvalue weighted by molar-refractivity contribution is 7.92. The third-order valence-electron chi connectivity index (χ3n) is 7.46. The van der Waals surface area contributed by atoms with Crippen LogP contribution in [0.5, 0.6) is 0 Å². The third kappa shape index (κ3) is 6.27. The molecule has 11 heteroatoms. The number of nitrogens with zero attached hydrogens (tertiary/aromatic N) is 4. The quantitative estimate of drug-likeness (QED) is 0.266. The first kappa shape index (κ1) is 29.5. The molecule has 42 heavy (non-hydrogen) atoms. The van der Waals surface area contributed by atoms with E-state index < -0.39 is 15.6 Å². The van der Waals surface area contributed by atoms with Gasteiger partial charge in [0.05, 0.1) is 23.5 Å². The zero-order valence-corrected chi connectivity index (χ0v) is 25.2. The number of carbonyl (C=O) groups is 1. The van der Waals surface area contributed by atoms with Crippen molar-refractivity contribution in [2.45, 2.75) is 58.0 Å². The highest BCUT2D eigenvalue weighted by atomic mass is 32.2. The SMILES string of the molecule is CCCN(c1cc(C(=O)N2CCCC2c2ccc(C)o2)cc(-c2nnc([C@](C)(N)Cc3ccccc3)o2)c1)S(C)(=O)=O. The molecule has 0 radical (unpaired) electrons. The van der Waals surface area contributed by atoms with E-state index in [0.29, 0.717) is 36.2 Å². The van der Waals surface area contributed by atoms with Crippen LogP contribution in [0.1, 0.15) is 72.5 Å². The van der Waals surface area contributed by atoms with Gasteiger partial charge in [0.15, 0.2) is 0 Å². The van der Waals surface area contributed by atoms with E-state index in [-0.39, 0.29) is 30.3 Å². The number of carbonyl (C=O) groups excluding carboxylic acids is 1. The topological polar surface area (TPSA) is 136 Å². The predicted molar refractivity (Wildman–Crippen MR) is 160 cm³/mol. The van der Waals surface area contributed by atoms with Crippen LogP contribution in [0.4, 0.5) is 5.69 Å². The summed E-state index contributed by atoms with van der Waals surface area (Å²) in [6, 6.07) is 18.3. The number of likely N-dealkylation sites (tertiary alicyclic amines) is 1. The zero-order chi connectivity index (χ0) is 30.1. The van der Waals surface area contributed by atoms with Crippen molar-refractivity contribution in [1.82, 2.24) is 15.1 Å². The summed E-state index contributed by atoms with van der Waals surface area (Å²) in [5, 5.41) is 8.51. The lowest BCUT2D eigenvalue weighted by atomic mass is 9.94. The monoisotopic (exact) mass is 591 g/mol. The number of nitrogens with two attached hydrogens (primary N) is 1. The van der Waals surface area contributed by atoms with Crippen molar-refractivity contribution in [3.63, 3.8) is 0 Å². The molecular formula is C31H37N5O5S. The number of amides is 1. The van der Waals surface area contributed by atoms with Gasteiger partial charge in [-0.25, -0.2) is 8.42 Å². The smallest absolute Gasteiger partial charge is 0.254 e. The minimum absolute atomic E-state index is 0.148. The number of aryl methyl sites for hydroxylation is 1. The Hall–Kier alpha value is -3.96. The Labute approximate surface area is 246 Å². The lowest BCUT2D eigenvalue weighted by Crippen LogP contribution is -2.35. The van der Waals surface area contributed by atoms with Crippen LogP contribution < -0.4 is 10.0 Å². The maximum absolute atomic E-state index is 14.0. The number of hydrogen-bond acceptors (Lipinski definition) is 8. The fourth-order valence-corrected chi connectivity index (χ4v) is 6.46. The Kier molecular flexibility index (Phi) is 8.25. The minimum atomic E-state index is -3.64. The molecule has 2 N–H and O–H groups in total. The molecule has 1 saturated heterocycles. The van der Waals surface area contributed by atoms with Gasteiger partial charge in [-0.2, -0.15) is 0 Å². The van der Waals surface area contributed by atoms with Crippen molar-refractivity contribution in [3.8, 4) is 11.5 Å². The summed E-state index contributed by atoms with van der Waals surface area (Å²) in [5.74, 6) is 1.67. The zero-order valence-electron chi connectivity index (χ0n) is 24.4. The molecule has 0 aliphatic carbocycles. The van der Waals surface area contributed by atoms with Crippen molar-refractivity contribution >= 4 is 21.6 Å².